The predicted molar refractivity (Wildman–Crippen MR) is 69.8 cm³/mol. The monoisotopic (exact) mass is 267 g/mol. The van der Waals surface area contributed by atoms with Crippen molar-refractivity contribution in [2.24, 2.45) is 0 Å². The van der Waals surface area contributed by atoms with Crippen molar-refractivity contribution in [1.29, 1.82) is 0 Å². The molecule has 0 radical (unpaired) electrons. The van der Waals surface area contributed by atoms with Crippen LogP contribution in [0.15, 0.2) is 12.4 Å². The number of nitrogens with zero attached hydrogens (tertiary/aromatic N) is 3. The maximum atomic E-state index is 11.3. The zero-order valence-electron chi connectivity index (χ0n) is 11.5. The number of hydrogen-bond donors (Lipinski definition) is 1. The van der Waals surface area contributed by atoms with E-state index in [0.29, 0.717) is 12.8 Å². The molecule has 0 amide bonds. The summed E-state index contributed by atoms with van der Waals surface area (Å²) in [6.45, 7) is 5.19. The zero-order valence-corrected chi connectivity index (χ0v) is 11.5. The molecule has 6 nitrogen and oxygen atoms in total. The minimum Gasteiger partial charge on any atom is -0.479 e. The number of methoxy groups -OCH3 is 1. The molecule has 6 heteroatoms. The van der Waals surface area contributed by atoms with Crippen LogP contribution < -0.4 is 0 Å². The number of aryl methyl sites for hydroxylation is 1. The van der Waals surface area contributed by atoms with Crippen LogP contribution in [0.3, 0.4) is 0 Å². The molecule has 1 aromatic rings. The van der Waals surface area contributed by atoms with Gasteiger partial charge in [0.15, 0.2) is 5.60 Å². The van der Waals surface area contributed by atoms with E-state index in [4.69, 9.17) is 4.74 Å². The minimum absolute atomic E-state index is 0.520. The number of imidazole rings is 1. The maximum absolute atomic E-state index is 11.3. The lowest BCUT2D eigenvalue weighted by Crippen LogP contribution is -2.50. The summed E-state index contributed by atoms with van der Waals surface area (Å²) in [6.07, 6.45) is 4.81. The van der Waals surface area contributed by atoms with E-state index in [1.54, 1.807) is 6.20 Å². The first-order chi connectivity index (χ1) is 9.11. The summed E-state index contributed by atoms with van der Waals surface area (Å²) in [6, 6.07) is 0. The summed E-state index contributed by atoms with van der Waals surface area (Å²) in [4.78, 5) is 17.8. The second-order valence-electron chi connectivity index (χ2n) is 4.91. The Labute approximate surface area is 113 Å². The summed E-state index contributed by atoms with van der Waals surface area (Å²) in [5, 5.41) is 9.25. The van der Waals surface area contributed by atoms with Gasteiger partial charge in [-0.2, -0.15) is 0 Å². The molecular formula is C13H21N3O3. The van der Waals surface area contributed by atoms with Crippen LogP contribution in [0.2, 0.25) is 0 Å². The lowest BCUT2D eigenvalue weighted by atomic mass is 9.91. The summed E-state index contributed by atoms with van der Waals surface area (Å²) >= 11 is 0. The van der Waals surface area contributed by atoms with E-state index >= 15 is 0 Å². The molecule has 0 saturated carbocycles. The Balaban J connectivity index is 1.95. The van der Waals surface area contributed by atoms with Gasteiger partial charge in [0, 0.05) is 39.1 Å². The Kier molecular flexibility index (Phi) is 4.21. The molecule has 0 spiro atoms. The van der Waals surface area contributed by atoms with Gasteiger partial charge in [0.25, 0.3) is 0 Å². The number of likely N-dealkylation sites (tertiary alicyclic amines) is 1. The summed E-state index contributed by atoms with van der Waals surface area (Å²) in [5.74, 6) is 0.174. The van der Waals surface area contributed by atoms with E-state index in [1.165, 1.54) is 7.11 Å². The molecule has 0 atom stereocenters. The highest BCUT2D eigenvalue weighted by Gasteiger charge is 2.41. The van der Waals surface area contributed by atoms with Crippen molar-refractivity contribution in [2.75, 3.05) is 20.2 Å². The van der Waals surface area contributed by atoms with Crippen LogP contribution in [0.25, 0.3) is 0 Å². The smallest absolute Gasteiger partial charge is 0.336 e. The van der Waals surface area contributed by atoms with Crippen LogP contribution >= 0.6 is 0 Å². The van der Waals surface area contributed by atoms with Gasteiger partial charge in [-0.1, -0.05) is 0 Å². The molecule has 19 heavy (non-hydrogen) atoms. The number of hydrogen-bond acceptors (Lipinski definition) is 4. The van der Waals surface area contributed by atoms with E-state index in [2.05, 4.69) is 21.4 Å². The molecule has 106 valence electrons. The Hall–Kier alpha value is -1.40. The predicted octanol–water partition coefficient (Wildman–Crippen LogP) is 0.969. The van der Waals surface area contributed by atoms with Gasteiger partial charge in [0.2, 0.25) is 0 Å². The normalized spacial score (nSPS) is 19.5. The van der Waals surface area contributed by atoms with Gasteiger partial charge in [0.05, 0.1) is 6.54 Å². The average molecular weight is 267 g/mol. The first-order valence-corrected chi connectivity index (χ1v) is 6.62. The Morgan fingerprint density at radius 1 is 1.53 bits per heavy atom. The van der Waals surface area contributed by atoms with Gasteiger partial charge >= 0.3 is 5.97 Å². The van der Waals surface area contributed by atoms with Crippen molar-refractivity contribution in [1.82, 2.24) is 14.5 Å². The molecule has 2 heterocycles. The minimum atomic E-state index is -1.00. The van der Waals surface area contributed by atoms with E-state index in [0.717, 1.165) is 32.0 Å². The van der Waals surface area contributed by atoms with Gasteiger partial charge in [-0.05, 0) is 19.8 Å². The largest absolute Gasteiger partial charge is 0.479 e. The molecular weight excluding hydrogens is 246 g/mol. The van der Waals surface area contributed by atoms with Crippen molar-refractivity contribution in [3.05, 3.63) is 18.2 Å². The van der Waals surface area contributed by atoms with Crippen LogP contribution in [0.4, 0.5) is 0 Å². The molecule has 2 rings (SSSR count). The van der Waals surface area contributed by atoms with Gasteiger partial charge < -0.3 is 14.4 Å². The number of carboxylic acids is 1. The molecule has 1 aliphatic heterocycles. The fourth-order valence-electron chi connectivity index (χ4n) is 2.56. The average Bonchev–Trinajstić information content (AvgIpc) is 2.87. The third-order valence-corrected chi connectivity index (χ3v) is 3.95. The van der Waals surface area contributed by atoms with Gasteiger partial charge in [-0.25, -0.2) is 9.78 Å². The standard InChI is InChI=1S/C13H21N3O3/c1-3-16-9-6-14-11(16)10-15-7-4-13(19-2,5-8-15)12(17)18/h6,9H,3-5,7-8,10H2,1-2H3,(H,17,18). The highest BCUT2D eigenvalue weighted by atomic mass is 16.5. The fraction of sp³-hybridized carbons (Fsp3) is 0.692. The fourth-order valence-corrected chi connectivity index (χ4v) is 2.56. The van der Waals surface area contributed by atoms with Crippen LogP contribution in [0, 0.1) is 0 Å². The molecule has 0 unspecified atom stereocenters. The molecule has 1 fully saturated rings. The first-order valence-electron chi connectivity index (χ1n) is 6.62. The van der Waals surface area contributed by atoms with Crippen molar-refractivity contribution in [3.8, 4) is 0 Å². The second-order valence-corrected chi connectivity index (χ2v) is 4.91. The topological polar surface area (TPSA) is 67.6 Å². The zero-order chi connectivity index (χ0) is 13.9. The van der Waals surface area contributed by atoms with Crippen LogP contribution in [-0.4, -0.2) is 51.3 Å². The lowest BCUT2D eigenvalue weighted by molar-refractivity contribution is -0.168. The van der Waals surface area contributed by atoms with Gasteiger partial charge in [-0.3, -0.25) is 4.90 Å². The third-order valence-electron chi connectivity index (χ3n) is 3.95. The van der Waals surface area contributed by atoms with E-state index in [1.807, 2.05) is 6.20 Å². The second kappa shape index (κ2) is 5.71. The molecule has 1 saturated heterocycles. The van der Waals surface area contributed by atoms with Crippen LogP contribution in [-0.2, 0) is 22.6 Å². The summed E-state index contributed by atoms with van der Waals surface area (Å²) in [5.41, 5.74) is -1.00. The number of aromatic nitrogens is 2. The SMILES string of the molecule is CCn1ccnc1CN1CCC(OC)(C(=O)O)CC1. The molecule has 0 bridgehead atoms. The van der Waals surface area contributed by atoms with Crippen LogP contribution in [0.1, 0.15) is 25.6 Å². The van der Waals surface area contributed by atoms with Crippen molar-refractivity contribution >= 4 is 5.97 Å². The highest BCUT2D eigenvalue weighted by molar-refractivity contribution is 5.77. The van der Waals surface area contributed by atoms with Crippen LogP contribution in [0.5, 0.6) is 0 Å². The van der Waals surface area contributed by atoms with E-state index < -0.39 is 11.6 Å². The van der Waals surface area contributed by atoms with Crippen molar-refractivity contribution in [3.63, 3.8) is 0 Å². The molecule has 0 aromatic carbocycles. The highest BCUT2D eigenvalue weighted by Crippen LogP contribution is 2.26. The Bertz CT molecular complexity index is 436. The van der Waals surface area contributed by atoms with Gasteiger partial charge in [-0.15, -0.1) is 0 Å². The number of carbonyl (C=O) groups is 1. The summed E-state index contributed by atoms with van der Waals surface area (Å²) < 4.78 is 7.33. The molecule has 1 aromatic heterocycles. The molecule has 1 aliphatic rings. The lowest BCUT2D eigenvalue weighted by Gasteiger charge is -2.37. The van der Waals surface area contributed by atoms with Crippen molar-refractivity contribution in [2.45, 2.75) is 38.5 Å². The third kappa shape index (κ3) is 2.79. The quantitative estimate of drug-likeness (QED) is 0.861. The Morgan fingerprint density at radius 3 is 2.74 bits per heavy atom. The number of ether oxygens (including phenoxy) is 1. The number of rotatable bonds is 5. The van der Waals surface area contributed by atoms with Gasteiger partial charge in [0.1, 0.15) is 5.82 Å². The maximum Gasteiger partial charge on any atom is 0.336 e. The van der Waals surface area contributed by atoms with E-state index in [9.17, 15) is 9.90 Å². The summed E-state index contributed by atoms with van der Waals surface area (Å²) in [7, 11) is 1.48. The Morgan fingerprint density at radius 2 is 2.21 bits per heavy atom. The molecule has 0 aliphatic carbocycles. The van der Waals surface area contributed by atoms with Crippen molar-refractivity contribution < 1.29 is 14.6 Å². The number of piperidine rings is 1. The number of aliphatic carboxylic acids is 1. The number of carboxylic acid groups (broad SMARTS) is 1. The first kappa shape index (κ1) is 14.0. The molecule has 1 N–H and O–H groups in total. The van der Waals surface area contributed by atoms with E-state index in [-0.39, 0.29) is 0 Å².